The van der Waals surface area contributed by atoms with Crippen molar-refractivity contribution in [3.8, 4) is 0 Å². The fourth-order valence-electron chi connectivity index (χ4n) is 2.21. The first-order chi connectivity index (χ1) is 8.65. The molecule has 7 heteroatoms. The van der Waals surface area contributed by atoms with Crippen LogP contribution in [0.25, 0.3) is 0 Å². The first kappa shape index (κ1) is 13.5. The number of rotatable bonds is 3. The summed E-state index contributed by atoms with van der Waals surface area (Å²) >= 11 is 1.94. The van der Waals surface area contributed by atoms with Crippen molar-refractivity contribution in [1.82, 2.24) is 9.88 Å². The Morgan fingerprint density at radius 1 is 1.72 bits per heavy atom. The molecule has 0 saturated carbocycles. The molecule has 6 nitrogen and oxygen atoms in total. The number of pyridine rings is 1. The zero-order valence-corrected chi connectivity index (χ0v) is 11.9. The van der Waals surface area contributed by atoms with Crippen LogP contribution >= 0.6 is 22.9 Å². The van der Waals surface area contributed by atoms with Crippen LogP contribution in [0.1, 0.15) is 23.2 Å². The third-order valence-corrected chi connectivity index (χ3v) is 3.59. The molecule has 1 aromatic rings. The molecule has 4 N–H and O–H groups in total. The maximum atomic E-state index is 12.4. The van der Waals surface area contributed by atoms with Gasteiger partial charge in [-0.1, -0.05) is 0 Å². The summed E-state index contributed by atoms with van der Waals surface area (Å²) in [7, 11) is 0. The normalized spacial score (nSPS) is 20.8. The molecule has 1 fully saturated rings. The molecule has 1 amide bonds. The Labute approximate surface area is 119 Å². The fourth-order valence-corrected chi connectivity index (χ4v) is 2.64. The number of likely N-dealkylation sites (tertiary alicyclic amines) is 1. The Bertz CT molecular complexity index is 441. The van der Waals surface area contributed by atoms with E-state index in [-0.39, 0.29) is 11.9 Å². The average Bonchev–Trinajstić information content (AvgIpc) is 2.87. The highest BCUT2D eigenvalue weighted by molar-refractivity contribution is 14.1. The second-order valence-electron chi connectivity index (χ2n) is 4.19. The lowest BCUT2D eigenvalue weighted by Gasteiger charge is -2.27. The summed E-state index contributed by atoms with van der Waals surface area (Å²) in [5, 5.41) is 9.50. The molecule has 18 heavy (non-hydrogen) atoms. The number of nitrogens with zero attached hydrogens (tertiary/aromatic N) is 2. The van der Waals surface area contributed by atoms with Gasteiger partial charge in [-0.2, -0.15) is 0 Å². The summed E-state index contributed by atoms with van der Waals surface area (Å²) in [5.74, 6) is 0.384. The molecule has 0 aromatic carbocycles. The lowest BCUT2D eigenvalue weighted by atomic mass is 10.1. The van der Waals surface area contributed by atoms with Gasteiger partial charge in [-0.15, -0.1) is 0 Å². The highest BCUT2D eigenvalue weighted by Crippen LogP contribution is 2.24. The quantitative estimate of drug-likeness (QED) is 0.419. The van der Waals surface area contributed by atoms with E-state index in [9.17, 15) is 9.90 Å². The van der Waals surface area contributed by atoms with Crippen LogP contribution in [-0.2, 0) is 0 Å². The number of aliphatic hydroxyl groups excluding tert-OH is 1. The van der Waals surface area contributed by atoms with Gasteiger partial charge in [0, 0.05) is 12.7 Å². The Morgan fingerprint density at radius 2 is 2.50 bits per heavy atom. The van der Waals surface area contributed by atoms with Crippen molar-refractivity contribution < 1.29 is 9.90 Å². The Kier molecular flexibility index (Phi) is 4.36. The van der Waals surface area contributed by atoms with Crippen molar-refractivity contribution in [2.75, 3.05) is 10.1 Å². The van der Waals surface area contributed by atoms with Gasteiger partial charge in [-0.25, -0.2) is 4.98 Å². The lowest BCUT2D eigenvalue weighted by molar-refractivity contribution is 0.0508. The molecule has 1 aliphatic heterocycles. The van der Waals surface area contributed by atoms with E-state index in [4.69, 9.17) is 5.73 Å². The van der Waals surface area contributed by atoms with Crippen LogP contribution in [-0.4, -0.2) is 39.7 Å². The van der Waals surface area contributed by atoms with Crippen LogP contribution in [0, 0.1) is 0 Å². The molecule has 1 saturated heterocycles. The molecular formula is C11H15IN4O2. The van der Waals surface area contributed by atoms with Crippen LogP contribution in [0.2, 0.25) is 0 Å². The van der Waals surface area contributed by atoms with Gasteiger partial charge < -0.3 is 19.3 Å². The largest absolute Gasteiger partial charge is 0.377 e. The van der Waals surface area contributed by atoms with Crippen LogP contribution in [0.5, 0.6) is 0 Å². The maximum absolute atomic E-state index is 12.4. The standard InChI is InChI=1S/C11H15IN4O2/c12-15-10-7(3-1-5-14-10)11(18)16-6-2-4-8(16)9(13)17/h1,3,5,8-9,17H,2,4,6,13H2,(H,14,15). The number of anilines is 1. The van der Waals surface area contributed by atoms with E-state index in [0.29, 0.717) is 17.9 Å². The number of halogens is 1. The van der Waals surface area contributed by atoms with Gasteiger partial charge in [0.2, 0.25) is 0 Å². The predicted molar refractivity (Wildman–Crippen MR) is 76.1 cm³/mol. The summed E-state index contributed by atoms with van der Waals surface area (Å²) in [5.41, 5.74) is 6.00. The molecule has 0 bridgehead atoms. The van der Waals surface area contributed by atoms with Gasteiger partial charge in [0.05, 0.1) is 34.5 Å². The average molecular weight is 362 g/mol. The molecule has 1 aliphatic rings. The van der Waals surface area contributed by atoms with Gasteiger partial charge in [0.25, 0.3) is 5.91 Å². The first-order valence-electron chi connectivity index (χ1n) is 5.71. The van der Waals surface area contributed by atoms with E-state index in [1.165, 1.54) is 0 Å². The molecule has 98 valence electrons. The number of hydrogen-bond donors (Lipinski definition) is 3. The minimum absolute atomic E-state index is 0.144. The Morgan fingerprint density at radius 3 is 3.17 bits per heavy atom. The topological polar surface area (TPSA) is 91.5 Å². The van der Waals surface area contributed by atoms with E-state index in [1.54, 1.807) is 23.2 Å². The lowest BCUT2D eigenvalue weighted by Crippen LogP contribution is -2.46. The van der Waals surface area contributed by atoms with Gasteiger partial charge in [0.1, 0.15) is 12.0 Å². The van der Waals surface area contributed by atoms with Gasteiger partial charge in [-0.05, 0) is 25.0 Å². The zero-order chi connectivity index (χ0) is 13.1. The molecule has 2 heterocycles. The summed E-state index contributed by atoms with van der Waals surface area (Å²) in [6, 6.07) is 3.13. The molecular weight excluding hydrogens is 347 g/mol. The van der Waals surface area contributed by atoms with Crippen molar-refractivity contribution in [3.05, 3.63) is 23.9 Å². The Hall–Kier alpha value is -0.930. The number of carbonyl (C=O) groups excluding carboxylic acids is 1. The van der Waals surface area contributed by atoms with Gasteiger partial charge >= 0.3 is 0 Å². The highest BCUT2D eigenvalue weighted by atomic mass is 127. The first-order valence-corrected chi connectivity index (χ1v) is 6.79. The van der Waals surface area contributed by atoms with Crippen LogP contribution in [0.3, 0.4) is 0 Å². The molecule has 1 aromatic heterocycles. The number of amides is 1. The molecule has 2 unspecified atom stereocenters. The van der Waals surface area contributed by atoms with Crippen LogP contribution in [0.15, 0.2) is 18.3 Å². The molecule has 2 rings (SSSR count). The smallest absolute Gasteiger partial charge is 0.258 e. The minimum Gasteiger partial charge on any atom is -0.377 e. The summed E-state index contributed by atoms with van der Waals surface area (Å²) in [6.45, 7) is 0.618. The minimum atomic E-state index is -0.996. The summed E-state index contributed by atoms with van der Waals surface area (Å²) in [6.07, 6.45) is 2.22. The van der Waals surface area contributed by atoms with E-state index < -0.39 is 6.23 Å². The van der Waals surface area contributed by atoms with E-state index in [0.717, 1.165) is 12.8 Å². The summed E-state index contributed by atoms with van der Waals surface area (Å²) in [4.78, 5) is 18.1. The zero-order valence-electron chi connectivity index (χ0n) is 9.71. The summed E-state index contributed by atoms with van der Waals surface area (Å²) < 4.78 is 2.86. The van der Waals surface area contributed by atoms with Crippen LogP contribution < -0.4 is 9.26 Å². The van der Waals surface area contributed by atoms with Crippen molar-refractivity contribution in [2.24, 2.45) is 5.73 Å². The number of nitrogens with two attached hydrogens (primary N) is 1. The second kappa shape index (κ2) is 5.81. The number of aliphatic hydroxyl groups is 1. The fraction of sp³-hybridized carbons (Fsp3) is 0.455. The number of aromatic nitrogens is 1. The van der Waals surface area contributed by atoms with Gasteiger partial charge in [-0.3, -0.25) is 4.79 Å². The van der Waals surface area contributed by atoms with E-state index in [1.807, 2.05) is 22.9 Å². The van der Waals surface area contributed by atoms with Crippen LogP contribution in [0.4, 0.5) is 5.82 Å². The number of carbonyl (C=O) groups is 1. The van der Waals surface area contributed by atoms with E-state index >= 15 is 0 Å². The monoisotopic (exact) mass is 362 g/mol. The number of nitrogens with one attached hydrogen (secondary N) is 1. The maximum Gasteiger partial charge on any atom is 0.258 e. The third-order valence-electron chi connectivity index (χ3n) is 3.08. The molecule has 2 atom stereocenters. The van der Waals surface area contributed by atoms with Gasteiger partial charge in [0.15, 0.2) is 0 Å². The highest BCUT2D eigenvalue weighted by Gasteiger charge is 2.33. The Balaban J connectivity index is 2.25. The van der Waals surface area contributed by atoms with E-state index in [2.05, 4.69) is 8.51 Å². The predicted octanol–water partition coefficient (Wildman–Crippen LogP) is 0.725. The van der Waals surface area contributed by atoms with Crippen molar-refractivity contribution in [3.63, 3.8) is 0 Å². The molecule has 0 radical (unpaired) electrons. The second-order valence-corrected chi connectivity index (χ2v) is 4.73. The number of hydrogen-bond acceptors (Lipinski definition) is 5. The SMILES string of the molecule is NC(O)C1CCCN1C(=O)c1cccnc1NI. The van der Waals surface area contributed by atoms with Crippen molar-refractivity contribution in [1.29, 1.82) is 0 Å². The third kappa shape index (κ3) is 2.57. The van der Waals surface area contributed by atoms with Crippen molar-refractivity contribution >= 4 is 34.6 Å². The molecule has 0 aliphatic carbocycles. The molecule has 0 spiro atoms. The van der Waals surface area contributed by atoms with Crippen molar-refractivity contribution in [2.45, 2.75) is 25.1 Å².